The number of aromatic nitrogens is 4. The number of hydrogen-bond donors (Lipinski definition) is 2. The minimum absolute atomic E-state index is 0.174. The fourth-order valence-corrected chi connectivity index (χ4v) is 7.57. The summed E-state index contributed by atoms with van der Waals surface area (Å²) >= 11 is 14.1. The molecule has 10 nitrogen and oxygen atoms in total. The average molecular weight is 650 g/mol. The number of carbonyl (C=O) groups excluding carboxylic acids is 1. The summed E-state index contributed by atoms with van der Waals surface area (Å²) in [5.74, 6) is 0.631. The Labute approximate surface area is 268 Å². The summed E-state index contributed by atoms with van der Waals surface area (Å²) in [6.45, 7) is 13.8. The molecule has 0 aliphatic carbocycles. The molecule has 0 saturated carbocycles. The van der Waals surface area contributed by atoms with Gasteiger partial charge in [-0.1, -0.05) is 44.0 Å². The molecule has 1 amide bonds. The van der Waals surface area contributed by atoms with Gasteiger partial charge in [0.15, 0.2) is 5.13 Å². The number of anilines is 2. The molecule has 2 saturated heterocycles. The lowest BCUT2D eigenvalue weighted by Crippen LogP contribution is -2.55. The van der Waals surface area contributed by atoms with Crippen LogP contribution in [0.15, 0.2) is 12.4 Å². The Morgan fingerprint density at radius 1 is 1.09 bits per heavy atom. The molecule has 0 aromatic carbocycles. The molecule has 3 aromatic heterocycles. The van der Waals surface area contributed by atoms with Crippen LogP contribution in [0.25, 0.3) is 11.4 Å². The quantitative estimate of drug-likeness (QED) is 0.300. The first-order valence-electron chi connectivity index (χ1n) is 15.2. The first-order chi connectivity index (χ1) is 20.8. The number of aryl methyl sites for hydroxylation is 2. The second-order valence-electron chi connectivity index (χ2n) is 11.2. The van der Waals surface area contributed by atoms with E-state index in [0.29, 0.717) is 29.7 Å². The van der Waals surface area contributed by atoms with Gasteiger partial charge in [-0.2, -0.15) is 0 Å². The van der Waals surface area contributed by atoms with E-state index in [1.54, 1.807) is 25.4 Å². The number of H-pyrrole nitrogens is 1. The van der Waals surface area contributed by atoms with Crippen LogP contribution in [-0.2, 0) is 11.2 Å². The van der Waals surface area contributed by atoms with Gasteiger partial charge >= 0.3 is 0 Å². The third kappa shape index (κ3) is 6.81. The number of aromatic amines is 1. The number of hydrogen-bond acceptors (Lipinski definition) is 9. The highest BCUT2D eigenvalue weighted by molar-refractivity contribution is 7.16. The van der Waals surface area contributed by atoms with Gasteiger partial charge in [0.05, 0.1) is 34.6 Å². The van der Waals surface area contributed by atoms with Crippen LogP contribution in [0.5, 0.6) is 0 Å². The van der Waals surface area contributed by atoms with Crippen molar-refractivity contribution >= 4 is 51.4 Å². The normalized spacial score (nSPS) is 19.8. The zero-order valence-corrected chi connectivity index (χ0v) is 28.0. The molecule has 0 unspecified atom stereocenters. The lowest BCUT2D eigenvalue weighted by Gasteiger charge is -2.39. The summed E-state index contributed by atoms with van der Waals surface area (Å²) in [6, 6.07) is 0.491. The van der Waals surface area contributed by atoms with Gasteiger partial charge in [-0.05, 0) is 32.6 Å². The number of amides is 1. The van der Waals surface area contributed by atoms with Gasteiger partial charge < -0.3 is 24.8 Å². The Bertz CT molecular complexity index is 1390. The summed E-state index contributed by atoms with van der Waals surface area (Å²) < 4.78 is 5.82. The Balaban J connectivity index is 1.24. The number of nitrogens with zero attached hydrogens (tertiary/aromatic N) is 6. The molecule has 2 aliphatic rings. The molecule has 0 spiro atoms. The minimum Gasteiger partial charge on any atom is -0.377 e. The average Bonchev–Trinajstić information content (AvgIpc) is 3.59. The fourth-order valence-electron chi connectivity index (χ4n) is 6.11. The maximum Gasteiger partial charge on any atom is 0.269 e. The maximum absolute atomic E-state index is 13.0. The highest BCUT2D eigenvalue weighted by atomic mass is 35.5. The molecule has 234 valence electrons. The van der Waals surface area contributed by atoms with Gasteiger partial charge in [-0.3, -0.25) is 9.69 Å². The summed E-state index contributed by atoms with van der Waals surface area (Å²) in [6.07, 6.45) is 7.48. The van der Waals surface area contributed by atoms with E-state index < -0.39 is 0 Å². The van der Waals surface area contributed by atoms with Gasteiger partial charge in [0.2, 0.25) is 0 Å². The molecular weight excluding hydrogens is 607 g/mol. The molecule has 5 heterocycles. The first kappa shape index (κ1) is 32.0. The predicted octanol–water partition coefficient (Wildman–Crippen LogP) is 5.44. The highest BCUT2D eigenvalue weighted by Gasteiger charge is 2.33. The number of nitrogens with one attached hydrogen (secondary N) is 2. The van der Waals surface area contributed by atoms with E-state index in [9.17, 15) is 4.79 Å². The smallest absolute Gasteiger partial charge is 0.269 e. The van der Waals surface area contributed by atoms with Crippen LogP contribution >= 0.6 is 34.5 Å². The topological polar surface area (TPSA) is 103 Å². The number of thiazole rings is 1. The fraction of sp³-hybridized carbons (Fsp3) is 0.600. The maximum atomic E-state index is 13.0. The van der Waals surface area contributed by atoms with Crippen molar-refractivity contribution in [3.63, 3.8) is 0 Å². The van der Waals surface area contributed by atoms with Crippen LogP contribution < -0.4 is 15.1 Å². The van der Waals surface area contributed by atoms with Crippen molar-refractivity contribution in [3.05, 3.63) is 38.7 Å². The van der Waals surface area contributed by atoms with Crippen molar-refractivity contribution in [1.82, 2.24) is 30.2 Å². The van der Waals surface area contributed by atoms with E-state index in [1.165, 1.54) is 17.7 Å². The molecule has 3 aromatic rings. The second kappa shape index (κ2) is 14.1. The molecule has 43 heavy (non-hydrogen) atoms. The van der Waals surface area contributed by atoms with Gasteiger partial charge in [0.1, 0.15) is 22.9 Å². The second-order valence-corrected chi connectivity index (χ2v) is 13.0. The van der Waals surface area contributed by atoms with Gasteiger partial charge in [-0.15, -0.1) is 11.3 Å². The number of methoxy groups -OCH3 is 1. The molecule has 2 aliphatic heterocycles. The van der Waals surface area contributed by atoms with Crippen molar-refractivity contribution in [2.75, 3.05) is 56.2 Å². The third-order valence-corrected chi connectivity index (χ3v) is 10.9. The van der Waals surface area contributed by atoms with E-state index in [2.05, 4.69) is 45.8 Å². The zero-order valence-electron chi connectivity index (χ0n) is 25.6. The van der Waals surface area contributed by atoms with E-state index in [-0.39, 0.29) is 28.8 Å². The number of piperazine rings is 1. The summed E-state index contributed by atoms with van der Waals surface area (Å²) in [7, 11) is 1.67. The van der Waals surface area contributed by atoms with Gasteiger partial charge in [0.25, 0.3) is 5.91 Å². The lowest BCUT2D eigenvalue weighted by atomic mass is 10.0. The molecule has 5 rings (SSSR count). The largest absolute Gasteiger partial charge is 0.377 e. The molecule has 0 bridgehead atoms. The van der Waals surface area contributed by atoms with Gasteiger partial charge in [-0.25, -0.2) is 15.0 Å². The van der Waals surface area contributed by atoms with Crippen LogP contribution in [0, 0.1) is 6.92 Å². The zero-order chi connectivity index (χ0) is 30.7. The molecule has 2 N–H and O–H groups in total. The minimum atomic E-state index is -0.291. The molecular formula is C30H42Cl2N8O2S. The number of ether oxygens (including phenoxy) is 1. The van der Waals surface area contributed by atoms with Crippen LogP contribution in [0.4, 0.5) is 10.9 Å². The van der Waals surface area contributed by atoms with Crippen molar-refractivity contribution in [2.24, 2.45) is 0 Å². The first-order valence-corrected chi connectivity index (χ1v) is 16.8. The predicted molar refractivity (Wildman–Crippen MR) is 175 cm³/mol. The van der Waals surface area contributed by atoms with Crippen molar-refractivity contribution < 1.29 is 9.53 Å². The number of carbonyl (C=O) groups is 1. The number of rotatable bonds is 10. The van der Waals surface area contributed by atoms with Crippen LogP contribution in [0.1, 0.15) is 61.1 Å². The number of halogens is 2. The Hall–Kier alpha value is -2.44. The highest BCUT2D eigenvalue weighted by Crippen LogP contribution is 2.35. The van der Waals surface area contributed by atoms with Crippen LogP contribution in [0.3, 0.4) is 0 Å². The SMILES string of the molecule is CCc1sc(N2CC[C@@H](NC(=O)c3[nH]c(C)c(Cl)c3Cl)[C@@H](OC)C2)nc1-c1cnc(N2CCN(C(CC)CC)CC2)cn1. The van der Waals surface area contributed by atoms with E-state index in [4.69, 9.17) is 42.9 Å². The molecule has 13 heteroatoms. The summed E-state index contributed by atoms with van der Waals surface area (Å²) in [5, 5.41) is 4.61. The monoisotopic (exact) mass is 648 g/mol. The standard InChI is InChI=1S/C30H42Cl2N8O2S/c1-6-19(7-2)38-11-13-39(14-12-38)24-16-33-21(15-34-24)27-23(8-3)43-30(37-27)40-10-9-20(22(17-40)42-5)36-29(41)28-26(32)25(31)18(4)35-28/h15-16,19-20,22,35H,6-14,17H2,1-5H3,(H,36,41)/t20-,22+/m1/s1. The Kier molecular flexibility index (Phi) is 10.5. The molecule has 2 atom stereocenters. The van der Waals surface area contributed by atoms with Crippen LogP contribution in [-0.4, -0.2) is 95.3 Å². The van der Waals surface area contributed by atoms with E-state index in [1.807, 2.05) is 12.4 Å². The third-order valence-electron chi connectivity index (χ3n) is 8.72. The van der Waals surface area contributed by atoms with E-state index >= 15 is 0 Å². The van der Waals surface area contributed by atoms with Gasteiger partial charge in [0, 0.05) is 63.0 Å². The van der Waals surface area contributed by atoms with Crippen molar-refractivity contribution in [3.8, 4) is 11.4 Å². The van der Waals surface area contributed by atoms with Crippen molar-refractivity contribution in [2.45, 2.75) is 71.6 Å². The van der Waals surface area contributed by atoms with Crippen LogP contribution in [0.2, 0.25) is 10.0 Å². The lowest BCUT2D eigenvalue weighted by molar-refractivity contribution is 0.0540. The molecule has 0 radical (unpaired) electrons. The Morgan fingerprint density at radius 2 is 1.84 bits per heavy atom. The van der Waals surface area contributed by atoms with E-state index in [0.717, 1.165) is 61.5 Å². The summed E-state index contributed by atoms with van der Waals surface area (Å²) in [5.41, 5.74) is 2.62. The molecule has 2 fully saturated rings. The summed E-state index contributed by atoms with van der Waals surface area (Å²) in [4.78, 5) is 38.9. The Morgan fingerprint density at radius 3 is 2.42 bits per heavy atom. The number of piperidine rings is 1. The van der Waals surface area contributed by atoms with Crippen molar-refractivity contribution in [1.29, 1.82) is 0 Å².